The smallest absolute Gasteiger partial charge is 0.305 e. The van der Waals surface area contributed by atoms with Crippen LogP contribution in [0.2, 0.25) is 0 Å². The van der Waals surface area contributed by atoms with Gasteiger partial charge in [-0.2, -0.15) is 0 Å². The molecule has 0 aromatic carbocycles. The van der Waals surface area contributed by atoms with Gasteiger partial charge in [0.2, 0.25) is 0 Å². The van der Waals surface area contributed by atoms with Gasteiger partial charge in [-0.1, -0.05) is 74.3 Å². The number of allylic oxidation sites excluding steroid dienone is 2. The molecule has 0 aromatic heterocycles. The molecular formula is C36H62O4. The van der Waals surface area contributed by atoms with Crippen molar-refractivity contribution in [2.24, 2.45) is 38.9 Å². The van der Waals surface area contributed by atoms with Crippen molar-refractivity contribution in [3.63, 3.8) is 0 Å². The molecule has 0 aliphatic heterocycles. The van der Waals surface area contributed by atoms with Crippen molar-refractivity contribution in [1.82, 2.24) is 0 Å². The first-order chi connectivity index (χ1) is 18.4. The molecule has 0 amide bonds. The lowest BCUT2D eigenvalue weighted by atomic mass is 9.43. The lowest BCUT2D eigenvalue weighted by Gasteiger charge is -2.60. The zero-order valence-corrected chi connectivity index (χ0v) is 28.1. The van der Waals surface area contributed by atoms with E-state index in [1.54, 1.807) is 6.92 Å². The number of Topliss-reactive ketones (excluding diaryl/α,β-unsaturated/α-hetero) is 1. The Morgan fingerprint density at radius 2 is 1.57 bits per heavy atom. The van der Waals surface area contributed by atoms with Gasteiger partial charge in [0.05, 0.1) is 6.61 Å². The van der Waals surface area contributed by atoms with Gasteiger partial charge in [-0.3, -0.25) is 14.4 Å². The molecule has 2 aliphatic carbocycles. The van der Waals surface area contributed by atoms with Crippen molar-refractivity contribution in [1.29, 1.82) is 0 Å². The molecular weight excluding hydrogens is 496 g/mol. The Kier molecular flexibility index (Phi) is 11.5. The van der Waals surface area contributed by atoms with E-state index in [4.69, 9.17) is 4.74 Å². The molecule has 0 N–H and O–H groups in total. The van der Waals surface area contributed by atoms with E-state index in [9.17, 15) is 14.4 Å². The van der Waals surface area contributed by atoms with Gasteiger partial charge in [0.1, 0.15) is 5.78 Å². The van der Waals surface area contributed by atoms with Gasteiger partial charge in [-0.25, -0.2) is 0 Å². The van der Waals surface area contributed by atoms with E-state index in [0.717, 1.165) is 51.4 Å². The molecule has 0 unspecified atom stereocenters. The number of rotatable bonds is 14. The topological polar surface area (TPSA) is 60.4 Å². The van der Waals surface area contributed by atoms with E-state index in [2.05, 4.69) is 62.3 Å². The van der Waals surface area contributed by atoms with E-state index >= 15 is 0 Å². The van der Waals surface area contributed by atoms with Crippen LogP contribution in [-0.2, 0) is 19.1 Å². The van der Waals surface area contributed by atoms with E-state index < -0.39 is 0 Å². The minimum absolute atomic E-state index is 0.0444. The van der Waals surface area contributed by atoms with Crippen molar-refractivity contribution in [2.45, 2.75) is 153 Å². The quantitative estimate of drug-likeness (QED) is 0.157. The summed E-state index contributed by atoms with van der Waals surface area (Å²) in [6.07, 6.45) is 13.5. The molecule has 0 heterocycles. The third-order valence-corrected chi connectivity index (χ3v) is 11.8. The molecule has 4 heteroatoms. The van der Waals surface area contributed by atoms with Crippen molar-refractivity contribution in [3.8, 4) is 0 Å². The maximum Gasteiger partial charge on any atom is 0.305 e. The summed E-state index contributed by atoms with van der Waals surface area (Å²) in [6.45, 7) is 25.0. The van der Waals surface area contributed by atoms with Crippen molar-refractivity contribution in [3.05, 3.63) is 11.6 Å². The number of hydrogen-bond donors (Lipinski definition) is 0. The van der Waals surface area contributed by atoms with Crippen LogP contribution in [-0.4, -0.2) is 24.1 Å². The normalized spacial score (nSPS) is 30.1. The van der Waals surface area contributed by atoms with Gasteiger partial charge in [-0.15, -0.1) is 0 Å². The number of esters is 1. The first kappa shape index (κ1) is 34.7. The molecule has 2 aliphatic rings. The maximum atomic E-state index is 12.7. The second kappa shape index (κ2) is 13.2. The summed E-state index contributed by atoms with van der Waals surface area (Å²) >= 11 is 0. The van der Waals surface area contributed by atoms with Crippen LogP contribution in [0.15, 0.2) is 11.6 Å². The number of hydrogen-bond acceptors (Lipinski definition) is 4. The fourth-order valence-electron chi connectivity index (χ4n) is 8.26. The third-order valence-electron chi connectivity index (χ3n) is 11.8. The highest BCUT2D eigenvalue weighted by molar-refractivity contribution is 5.89. The van der Waals surface area contributed by atoms with Crippen LogP contribution in [0.25, 0.3) is 0 Å². The lowest BCUT2D eigenvalue weighted by Crippen LogP contribution is -2.53. The average Bonchev–Trinajstić information content (AvgIpc) is 2.85. The Bertz CT molecular complexity index is 942. The predicted molar refractivity (Wildman–Crippen MR) is 166 cm³/mol. The number of ketones is 2. The molecule has 0 radical (unpaired) electrons. The Hall–Kier alpha value is -1.45. The number of fused-ring (bicyclic) bond motifs is 1. The molecule has 0 saturated heterocycles. The van der Waals surface area contributed by atoms with Gasteiger partial charge >= 0.3 is 5.97 Å². The molecule has 0 spiro atoms. The van der Waals surface area contributed by atoms with Crippen molar-refractivity contribution in [2.75, 3.05) is 6.61 Å². The third kappa shape index (κ3) is 7.88. The molecule has 2 rings (SSSR count). The highest BCUT2D eigenvalue weighted by atomic mass is 16.5. The summed E-state index contributed by atoms with van der Waals surface area (Å²) in [5.41, 5.74) is 1.32. The van der Waals surface area contributed by atoms with Crippen LogP contribution in [0.1, 0.15) is 153 Å². The summed E-state index contributed by atoms with van der Waals surface area (Å²) in [7, 11) is 0. The van der Waals surface area contributed by atoms with Gasteiger partial charge < -0.3 is 4.74 Å². The fourth-order valence-corrected chi connectivity index (χ4v) is 8.26. The predicted octanol–water partition coefficient (Wildman–Crippen LogP) is 9.69. The lowest BCUT2D eigenvalue weighted by molar-refractivity contribution is -0.143. The minimum atomic E-state index is -0.131. The average molecular weight is 559 g/mol. The second-order valence-corrected chi connectivity index (χ2v) is 15.7. The van der Waals surface area contributed by atoms with Crippen molar-refractivity contribution < 1.29 is 19.1 Å². The molecule has 0 aromatic rings. The highest BCUT2D eigenvalue weighted by Crippen LogP contribution is 2.66. The molecule has 0 bridgehead atoms. The van der Waals surface area contributed by atoms with Gasteiger partial charge in [-0.05, 0) is 111 Å². The van der Waals surface area contributed by atoms with E-state index in [0.29, 0.717) is 36.6 Å². The summed E-state index contributed by atoms with van der Waals surface area (Å²) in [5.74, 6) is 0.765. The summed E-state index contributed by atoms with van der Waals surface area (Å²) in [4.78, 5) is 37.7. The number of ether oxygens (including phenoxy) is 1. The fraction of sp³-hybridized carbons (Fsp3) is 0.861. The highest BCUT2D eigenvalue weighted by Gasteiger charge is 2.58. The Labute approximate surface area is 246 Å². The van der Waals surface area contributed by atoms with Gasteiger partial charge in [0.25, 0.3) is 0 Å². The van der Waals surface area contributed by atoms with E-state index in [1.165, 1.54) is 18.4 Å². The van der Waals surface area contributed by atoms with E-state index in [1.807, 2.05) is 13.0 Å². The minimum Gasteiger partial charge on any atom is -0.466 e. The summed E-state index contributed by atoms with van der Waals surface area (Å²) in [5, 5.41) is 0. The van der Waals surface area contributed by atoms with Crippen molar-refractivity contribution >= 4 is 17.5 Å². The van der Waals surface area contributed by atoms with Crippen LogP contribution in [0.4, 0.5) is 0 Å². The monoisotopic (exact) mass is 558 g/mol. The van der Waals surface area contributed by atoms with E-state index in [-0.39, 0.29) is 39.3 Å². The van der Waals surface area contributed by atoms with Crippen LogP contribution < -0.4 is 0 Å². The summed E-state index contributed by atoms with van der Waals surface area (Å²) in [6, 6.07) is 0. The first-order valence-electron chi connectivity index (χ1n) is 16.3. The molecule has 5 atom stereocenters. The van der Waals surface area contributed by atoms with Gasteiger partial charge in [0.15, 0.2) is 5.78 Å². The first-order valence-corrected chi connectivity index (χ1v) is 16.3. The molecule has 40 heavy (non-hydrogen) atoms. The molecule has 4 nitrogen and oxygen atoms in total. The molecule has 2 fully saturated rings. The number of carbonyl (C=O) groups excluding carboxylic acids is 3. The Morgan fingerprint density at radius 3 is 2.15 bits per heavy atom. The maximum absolute atomic E-state index is 12.7. The Balaban J connectivity index is 2.37. The largest absolute Gasteiger partial charge is 0.466 e. The van der Waals surface area contributed by atoms with Crippen LogP contribution in [0.5, 0.6) is 0 Å². The zero-order valence-electron chi connectivity index (χ0n) is 28.1. The van der Waals surface area contributed by atoms with Crippen LogP contribution in [0.3, 0.4) is 0 Å². The standard InChI is InChI=1S/C36H62O4/c1-12-17-32(5,6)21-23-34(9,18-16-31(39)40-13-2)24-22-33(7,8)36(11)20-14-28-27(4)29(38)15-19-35(28,10)30(36)25-26(3)37/h25,27-28H,12-24H2,1-11H3/b30-25-/t27-,28-,34-,35-,36+/m0/s1. The summed E-state index contributed by atoms with van der Waals surface area (Å²) < 4.78 is 5.30. The Morgan fingerprint density at radius 1 is 0.950 bits per heavy atom. The molecule has 230 valence electrons. The molecule has 2 saturated carbocycles. The van der Waals surface area contributed by atoms with Crippen LogP contribution >= 0.6 is 0 Å². The second-order valence-electron chi connectivity index (χ2n) is 15.7. The van der Waals surface area contributed by atoms with Gasteiger partial charge in [0, 0.05) is 18.8 Å². The SMILES string of the molecule is CCCC(C)(C)CC[C@](C)(CCC(=O)OCC)CCC(C)(C)[C@]1(C)CC[C@H]2[C@H](C)C(=O)CC[C@]2(C)/C1=C/C(C)=O. The number of carbonyl (C=O) groups is 3. The van der Waals surface area contributed by atoms with Crippen LogP contribution in [0, 0.1) is 38.9 Å². The zero-order chi connectivity index (χ0) is 30.6.